The molecule has 1 heterocycles. The Hall–Kier alpha value is -0.850. The van der Waals surface area contributed by atoms with Crippen molar-refractivity contribution in [2.75, 3.05) is 26.9 Å². The van der Waals surface area contributed by atoms with Gasteiger partial charge < -0.3 is 14.2 Å². The van der Waals surface area contributed by atoms with Crippen molar-refractivity contribution in [3.05, 3.63) is 10.0 Å². The van der Waals surface area contributed by atoms with Gasteiger partial charge in [0.1, 0.15) is 6.61 Å². The maximum Gasteiger partial charge on any atom is 0.351 e. The third-order valence-electron chi connectivity index (χ3n) is 1.59. The van der Waals surface area contributed by atoms with Gasteiger partial charge in [0.15, 0.2) is 10.0 Å². The van der Waals surface area contributed by atoms with E-state index in [4.69, 9.17) is 21.1 Å². The Labute approximate surface area is 102 Å². The molecule has 90 valence electrons. The fourth-order valence-electron chi connectivity index (χ4n) is 0.896. The molecule has 0 radical (unpaired) electrons. The zero-order chi connectivity index (χ0) is 12.0. The molecule has 0 saturated carbocycles. The van der Waals surface area contributed by atoms with E-state index in [9.17, 15) is 4.79 Å². The smallest absolute Gasteiger partial charge is 0.351 e. The molecule has 0 saturated heterocycles. The molecule has 5 nitrogen and oxygen atoms in total. The van der Waals surface area contributed by atoms with Crippen LogP contribution in [-0.4, -0.2) is 37.9 Å². The fraction of sp³-hybridized carbons (Fsp3) is 0.556. The highest BCUT2D eigenvalue weighted by Gasteiger charge is 2.17. The molecular weight excluding hydrogens is 254 g/mol. The second-order valence-corrected chi connectivity index (χ2v) is 3.96. The van der Waals surface area contributed by atoms with Gasteiger partial charge >= 0.3 is 5.97 Å². The average Bonchev–Trinajstić information content (AvgIpc) is 2.65. The van der Waals surface area contributed by atoms with Gasteiger partial charge in [0.05, 0.1) is 13.7 Å². The van der Waals surface area contributed by atoms with Crippen LogP contribution in [0.4, 0.5) is 0 Å². The zero-order valence-corrected chi connectivity index (χ0v) is 10.6. The second kappa shape index (κ2) is 6.67. The van der Waals surface area contributed by atoms with Gasteiger partial charge in [0, 0.05) is 6.61 Å². The lowest BCUT2D eigenvalue weighted by Crippen LogP contribution is -2.05. The quantitative estimate of drug-likeness (QED) is 0.582. The lowest BCUT2D eigenvalue weighted by Gasteiger charge is -2.01. The number of ether oxygens (including phenoxy) is 3. The van der Waals surface area contributed by atoms with Gasteiger partial charge in [-0.3, -0.25) is 0 Å². The van der Waals surface area contributed by atoms with Crippen LogP contribution in [0.1, 0.15) is 16.6 Å². The number of aromatic nitrogens is 1. The van der Waals surface area contributed by atoms with Gasteiger partial charge in [-0.15, -0.1) is 0 Å². The van der Waals surface area contributed by atoms with Crippen LogP contribution in [-0.2, 0) is 9.47 Å². The third kappa shape index (κ3) is 3.62. The molecule has 0 N–H and O–H groups in total. The molecule has 0 aliphatic carbocycles. The summed E-state index contributed by atoms with van der Waals surface area (Å²) in [6.45, 7) is 3.38. The van der Waals surface area contributed by atoms with Gasteiger partial charge in [0.25, 0.3) is 5.19 Å². The molecule has 0 spiro atoms. The Balaban J connectivity index is 2.52. The van der Waals surface area contributed by atoms with E-state index in [0.717, 1.165) is 11.3 Å². The molecule has 0 aliphatic rings. The number of esters is 1. The third-order valence-corrected chi connectivity index (χ3v) is 2.93. The highest BCUT2D eigenvalue weighted by Crippen LogP contribution is 2.29. The lowest BCUT2D eigenvalue weighted by atomic mass is 10.6. The van der Waals surface area contributed by atoms with Crippen LogP contribution in [0.2, 0.25) is 5.15 Å². The standard InChI is InChI=1S/C9H12ClNO4S/c1-3-14-4-5-15-9-11-7(10)6(16-9)8(12)13-2/h3-5H2,1-2H3. The molecule has 0 amide bonds. The molecule has 1 aromatic rings. The molecule has 0 bridgehead atoms. The normalized spacial score (nSPS) is 10.2. The number of carbonyl (C=O) groups excluding carboxylic acids is 1. The van der Waals surface area contributed by atoms with Crippen LogP contribution < -0.4 is 4.74 Å². The average molecular weight is 266 g/mol. The van der Waals surface area contributed by atoms with Crippen LogP contribution >= 0.6 is 22.9 Å². The number of hydrogen-bond donors (Lipinski definition) is 0. The van der Waals surface area contributed by atoms with Crippen LogP contribution in [0.5, 0.6) is 5.19 Å². The number of carbonyl (C=O) groups is 1. The molecule has 0 aromatic carbocycles. The van der Waals surface area contributed by atoms with Crippen LogP contribution in [0.25, 0.3) is 0 Å². The van der Waals surface area contributed by atoms with Crippen molar-refractivity contribution in [3.63, 3.8) is 0 Å². The molecular formula is C9H12ClNO4S. The van der Waals surface area contributed by atoms with Gasteiger partial charge in [0.2, 0.25) is 0 Å². The van der Waals surface area contributed by atoms with E-state index in [1.807, 2.05) is 6.92 Å². The Morgan fingerprint density at radius 2 is 2.25 bits per heavy atom. The summed E-state index contributed by atoms with van der Waals surface area (Å²) in [6.07, 6.45) is 0. The van der Waals surface area contributed by atoms with Gasteiger partial charge in [-0.1, -0.05) is 22.9 Å². The number of thiazole rings is 1. The first-order valence-electron chi connectivity index (χ1n) is 4.64. The molecule has 0 aliphatic heterocycles. The van der Waals surface area contributed by atoms with Gasteiger partial charge in [-0.05, 0) is 6.92 Å². The van der Waals surface area contributed by atoms with Crippen molar-refractivity contribution in [2.24, 2.45) is 0 Å². The topological polar surface area (TPSA) is 57.7 Å². The van der Waals surface area contributed by atoms with Crippen molar-refractivity contribution in [2.45, 2.75) is 6.92 Å². The van der Waals surface area contributed by atoms with E-state index in [2.05, 4.69) is 9.72 Å². The molecule has 0 fully saturated rings. The predicted molar refractivity (Wildman–Crippen MR) is 60.5 cm³/mol. The van der Waals surface area contributed by atoms with E-state index in [1.165, 1.54) is 7.11 Å². The van der Waals surface area contributed by atoms with Crippen molar-refractivity contribution < 1.29 is 19.0 Å². The van der Waals surface area contributed by atoms with Gasteiger partial charge in [-0.2, -0.15) is 4.98 Å². The number of methoxy groups -OCH3 is 1. The zero-order valence-electron chi connectivity index (χ0n) is 8.99. The monoisotopic (exact) mass is 265 g/mol. The molecule has 0 unspecified atom stereocenters. The van der Waals surface area contributed by atoms with Crippen molar-refractivity contribution in [1.29, 1.82) is 0 Å². The first-order valence-corrected chi connectivity index (χ1v) is 5.83. The summed E-state index contributed by atoms with van der Waals surface area (Å²) in [7, 11) is 1.29. The molecule has 7 heteroatoms. The first-order chi connectivity index (χ1) is 7.69. The Kier molecular flexibility index (Phi) is 5.51. The summed E-state index contributed by atoms with van der Waals surface area (Å²) in [6, 6.07) is 0. The Morgan fingerprint density at radius 1 is 1.50 bits per heavy atom. The Bertz CT molecular complexity index is 355. The number of rotatable bonds is 6. The maximum absolute atomic E-state index is 11.2. The largest absolute Gasteiger partial charge is 0.468 e. The van der Waals surface area contributed by atoms with Crippen LogP contribution in [0.15, 0.2) is 0 Å². The lowest BCUT2D eigenvalue weighted by molar-refractivity contribution is 0.0606. The van der Waals surface area contributed by atoms with E-state index in [0.29, 0.717) is 25.0 Å². The minimum Gasteiger partial charge on any atom is -0.468 e. The number of nitrogens with zero attached hydrogens (tertiary/aromatic N) is 1. The van der Waals surface area contributed by atoms with E-state index in [1.54, 1.807) is 0 Å². The van der Waals surface area contributed by atoms with Crippen molar-refractivity contribution in [1.82, 2.24) is 4.98 Å². The Morgan fingerprint density at radius 3 is 2.88 bits per heavy atom. The highest BCUT2D eigenvalue weighted by atomic mass is 35.5. The molecule has 1 aromatic heterocycles. The van der Waals surface area contributed by atoms with Crippen molar-refractivity contribution >= 4 is 28.9 Å². The van der Waals surface area contributed by atoms with E-state index >= 15 is 0 Å². The summed E-state index contributed by atoms with van der Waals surface area (Å²) >= 11 is 6.80. The predicted octanol–water partition coefficient (Wildman–Crippen LogP) is 2.00. The summed E-state index contributed by atoms with van der Waals surface area (Å²) in [5.74, 6) is -0.512. The van der Waals surface area contributed by atoms with Crippen LogP contribution in [0, 0.1) is 0 Å². The summed E-state index contributed by atoms with van der Waals surface area (Å²) in [5.41, 5.74) is 0. The minimum absolute atomic E-state index is 0.100. The maximum atomic E-state index is 11.2. The van der Waals surface area contributed by atoms with E-state index in [-0.39, 0.29) is 10.0 Å². The molecule has 16 heavy (non-hydrogen) atoms. The second-order valence-electron chi connectivity index (χ2n) is 2.64. The molecule has 1 rings (SSSR count). The summed E-state index contributed by atoms with van der Waals surface area (Å²) in [5, 5.41) is 0.438. The fourth-order valence-corrected chi connectivity index (χ4v) is 1.97. The number of halogens is 1. The SMILES string of the molecule is CCOCCOc1nc(Cl)c(C(=O)OC)s1. The number of hydrogen-bond acceptors (Lipinski definition) is 6. The molecule has 0 atom stereocenters. The first kappa shape index (κ1) is 13.2. The van der Waals surface area contributed by atoms with E-state index < -0.39 is 5.97 Å². The minimum atomic E-state index is -0.512. The van der Waals surface area contributed by atoms with Crippen molar-refractivity contribution in [3.8, 4) is 5.19 Å². The van der Waals surface area contributed by atoms with Gasteiger partial charge in [-0.25, -0.2) is 4.79 Å². The summed E-state index contributed by atoms with van der Waals surface area (Å²) in [4.78, 5) is 15.3. The summed E-state index contributed by atoms with van der Waals surface area (Å²) < 4.78 is 14.9. The van der Waals surface area contributed by atoms with Crippen LogP contribution in [0.3, 0.4) is 0 Å². The highest BCUT2D eigenvalue weighted by molar-refractivity contribution is 7.15.